The van der Waals surface area contributed by atoms with Crippen molar-refractivity contribution in [2.75, 3.05) is 13.7 Å². The van der Waals surface area contributed by atoms with Crippen LogP contribution in [-0.2, 0) is 4.74 Å². The molecule has 0 amide bonds. The second-order valence-corrected chi connectivity index (χ2v) is 4.70. The maximum absolute atomic E-state index is 6.25. The lowest BCUT2D eigenvalue weighted by atomic mass is 9.96. The monoisotopic (exact) mass is 235 g/mol. The van der Waals surface area contributed by atoms with E-state index >= 15 is 0 Å². The summed E-state index contributed by atoms with van der Waals surface area (Å²) < 4.78 is 10.8. The van der Waals surface area contributed by atoms with Gasteiger partial charge in [0.05, 0.1) is 13.2 Å². The van der Waals surface area contributed by atoms with Gasteiger partial charge in [0.2, 0.25) is 0 Å². The number of hydrogen-bond acceptors (Lipinski definition) is 3. The molecular formula is C14H21NO2. The van der Waals surface area contributed by atoms with Gasteiger partial charge in [-0.05, 0) is 49.4 Å². The molecular weight excluding hydrogens is 214 g/mol. The van der Waals surface area contributed by atoms with Crippen molar-refractivity contribution in [3.05, 3.63) is 29.3 Å². The molecule has 0 radical (unpaired) electrons. The molecule has 94 valence electrons. The topological polar surface area (TPSA) is 44.5 Å². The van der Waals surface area contributed by atoms with E-state index in [1.165, 1.54) is 17.5 Å². The summed E-state index contributed by atoms with van der Waals surface area (Å²) in [6.07, 6.45) is 3.56. The van der Waals surface area contributed by atoms with E-state index in [2.05, 4.69) is 13.0 Å². The van der Waals surface area contributed by atoms with E-state index in [9.17, 15) is 0 Å². The Balaban J connectivity index is 2.04. The molecule has 1 aromatic rings. The van der Waals surface area contributed by atoms with E-state index < -0.39 is 0 Å². The van der Waals surface area contributed by atoms with Crippen molar-refractivity contribution in [1.82, 2.24) is 0 Å². The highest BCUT2D eigenvalue weighted by molar-refractivity contribution is 5.36. The van der Waals surface area contributed by atoms with E-state index in [1.54, 1.807) is 7.11 Å². The molecule has 2 N–H and O–H groups in total. The van der Waals surface area contributed by atoms with Crippen molar-refractivity contribution in [2.45, 2.75) is 38.3 Å². The van der Waals surface area contributed by atoms with Crippen LogP contribution in [0.1, 0.15) is 36.4 Å². The number of nitrogens with two attached hydrogens (primary N) is 1. The van der Waals surface area contributed by atoms with Crippen LogP contribution in [0.3, 0.4) is 0 Å². The molecule has 2 unspecified atom stereocenters. The number of benzene rings is 1. The van der Waals surface area contributed by atoms with Crippen molar-refractivity contribution >= 4 is 0 Å². The first-order valence-electron chi connectivity index (χ1n) is 6.22. The Morgan fingerprint density at radius 3 is 2.94 bits per heavy atom. The Labute approximate surface area is 103 Å². The van der Waals surface area contributed by atoms with Crippen LogP contribution in [-0.4, -0.2) is 19.8 Å². The smallest absolute Gasteiger partial charge is 0.119 e. The molecule has 1 aliphatic heterocycles. The summed E-state index contributed by atoms with van der Waals surface area (Å²) in [4.78, 5) is 0. The van der Waals surface area contributed by atoms with Gasteiger partial charge in [-0.25, -0.2) is 0 Å². The lowest BCUT2D eigenvalue weighted by Gasteiger charge is -2.18. The predicted octanol–water partition coefficient (Wildman–Crippen LogP) is 2.57. The fourth-order valence-corrected chi connectivity index (χ4v) is 2.43. The van der Waals surface area contributed by atoms with Crippen LogP contribution in [0.15, 0.2) is 18.2 Å². The van der Waals surface area contributed by atoms with Crippen LogP contribution < -0.4 is 10.5 Å². The summed E-state index contributed by atoms with van der Waals surface area (Å²) in [5.74, 6) is 0.885. The average molecular weight is 235 g/mol. The Kier molecular flexibility index (Phi) is 4.02. The minimum atomic E-state index is 0.0593. The van der Waals surface area contributed by atoms with Crippen LogP contribution >= 0.6 is 0 Å². The average Bonchev–Trinajstić information content (AvgIpc) is 2.81. The summed E-state index contributed by atoms with van der Waals surface area (Å²) in [7, 11) is 1.68. The van der Waals surface area contributed by atoms with E-state index in [0.29, 0.717) is 6.10 Å². The number of rotatable bonds is 4. The lowest BCUT2D eigenvalue weighted by Crippen LogP contribution is -2.19. The van der Waals surface area contributed by atoms with Gasteiger partial charge in [0.1, 0.15) is 5.75 Å². The van der Waals surface area contributed by atoms with Gasteiger partial charge in [0.15, 0.2) is 0 Å². The van der Waals surface area contributed by atoms with Crippen molar-refractivity contribution in [3.8, 4) is 5.75 Å². The van der Waals surface area contributed by atoms with Crippen LogP contribution in [0.25, 0.3) is 0 Å². The molecule has 17 heavy (non-hydrogen) atoms. The molecule has 1 heterocycles. The molecule has 0 aromatic heterocycles. The molecule has 1 aromatic carbocycles. The lowest BCUT2D eigenvalue weighted by molar-refractivity contribution is 0.0983. The van der Waals surface area contributed by atoms with E-state index in [4.69, 9.17) is 15.2 Å². The minimum Gasteiger partial charge on any atom is -0.497 e. The molecule has 2 rings (SSSR count). The molecule has 2 atom stereocenters. The van der Waals surface area contributed by atoms with Gasteiger partial charge in [0, 0.05) is 12.6 Å². The molecule has 3 heteroatoms. The first-order chi connectivity index (χ1) is 8.20. The van der Waals surface area contributed by atoms with Gasteiger partial charge < -0.3 is 15.2 Å². The Hall–Kier alpha value is -1.06. The molecule has 1 aliphatic rings. The summed E-state index contributed by atoms with van der Waals surface area (Å²) >= 11 is 0. The van der Waals surface area contributed by atoms with Gasteiger partial charge in [-0.2, -0.15) is 0 Å². The standard InChI is InChI=1S/C14H21NO2/c1-10-8-11(16-2)5-6-13(10)14(15)9-12-4-3-7-17-12/h5-6,8,12,14H,3-4,7,9,15H2,1-2H3. The third-order valence-electron chi connectivity index (χ3n) is 3.42. The maximum Gasteiger partial charge on any atom is 0.119 e. The number of methoxy groups -OCH3 is 1. The van der Waals surface area contributed by atoms with Crippen LogP contribution in [0, 0.1) is 6.92 Å². The number of hydrogen-bond donors (Lipinski definition) is 1. The molecule has 3 nitrogen and oxygen atoms in total. The van der Waals surface area contributed by atoms with Gasteiger partial charge in [0.25, 0.3) is 0 Å². The highest BCUT2D eigenvalue weighted by atomic mass is 16.5. The molecule has 1 fully saturated rings. The van der Waals surface area contributed by atoms with Gasteiger partial charge >= 0.3 is 0 Å². The molecule has 1 saturated heterocycles. The first kappa shape index (κ1) is 12.4. The van der Waals surface area contributed by atoms with Gasteiger partial charge in [-0.3, -0.25) is 0 Å². The summed E-state index contributed by atoms with van der Waals surface area (Å²) in [5, 5.41) is 0. The summed E-state index contributed by atoms with van der Waals surface area (Å²) in [6.45, 7) is 2.96. The van der Waals surface area contributed by atoms with Crippen LogP contribution in [0.2, 0.25) is 0 Å². The van der Waals surface area contributed by atoms with Crippen molar-refractivity contribution in [3.63, 3.8) is 0 Å². The van der Waals surface area contributed by atoms with Gasteiger partial charge in [-0.1, -0.05) is 6.07 Å². The second-order valence-electron chi connectivity index (χ2n) is 4.70. The van der Waals surface area contributed by atoms with E-state index in [1.807, 2.05) is 12.1 Å². The van der Waals surface area contributed by atoms with E-state index in [0.717, 1.165) is 25.2 Å². The molecule has 0 aliphatic carbocycles. The highest BCUT2D eigenvalue weighted by Crippen LogP contribution is 2.27. The fraction of sp³-hybridized carbons (Fsp3) is 0.571. The van der Waals surface area contributed by atoms with Gasteiger partial charge in [-0.15, -0.1) is 0 Å². The molecule has 0 bridgehead atoms. The summed E-state index contributed by atoms with van der Waals surface area (Å²) in [5.41, 5.74) is 8.63. The zero-order chi connectivity index (χ0) is 12.3. The zero-order valence-electron chi connectivity index (χ0n) is 10.6. The Morgan fingerprint density at radius 2 is 2.35 bits per heavy atom. The van der Waals surface area contributed by atoms with Crippen molar-refractivity contribution < 1.29 is 9.47 Å². The largest absolute Gasteiger partial charge is 0.497 e. The first-order valence-corrected chi connectivity index (χ1v) is 6.22. The second kappa shape index (κ2) is 5.52. The maximum atomic E-state index is 6.25. The van der Waals surface area contributed by atoms with E-state index in [-0.39, 0.29) is 6.04 Å². The Bertz CT molecular complexity index is 372. The fourth-order valence-electron chi connectivity index (χ4n) is 2.43. The third kappa shape index (κ3) is 2.99. The molecule has 0 saturated carbocycles. The SMILES string of the molecule is COc1ccc(C(N)CC2CCCO2)c(C)c1. The zero-order valence-corrected chi connectivity index (χ0v) is 10.6. The predicted molar refractivity (Wildman–Crippen MR) is 68.3 cm³/mol. The van der Waals surface area contributed by atoms with Crippen molar-refractivity contribution in [2.24, 2.45) is 5.73 Å². The normalized spacial score (nSPS) is 21.5. The summed E-state index contributed by atoms with van der Waals surface area (Å²) in [6, 6.07) is 6.12. The third-order valence-corrected chi connectivity index (χ3v) is 3.42. The number of ether oxygens (including phenoxy) is 2. The van der Waals surface area contributed by atoms with Crippen molar-refractivity contribution in [1.29, 1.82) is 0 Å². The minimum absolute atomic E-state index is 0.0593. The van der Waals surface area contributed by atoms with Crippen LogP contribution in [0.5, 0.6) is 5.75 Å². The van der Waals surface area contributed by atoms with Crippen LogP contribution in [0.4, 0.5) is 0 Å². The Morgan fingerprint density at radius 1 is 1.53 bits per heavy atom. The number of aryl methyl sites for hydroxylation is 1. The quantitative estimate of drug-likeness (QED) is 0.872. The highest BCUT2D eigenvalue weighted by Gasteiger charge is 2.20. The molecule has 0 spiro atoms.